The number of benzene rings is 1. The first-order valence-electron chi connectivity index (χ1n) is 9.00. The Morgan fingerprint density at radius 2 is 1.92 bits per heavy atom. The molecule has 2 aliphatic rings. The molecule has 0 radical (unpaired) electrons. The van der Waals surface area contributed by atoms with Crippen molar-refractivity contribution < 1.29 is 18.5 Å². The summed E-state index contributed by atoms with van der Waals surface area (Å²) in [4.78, 5) is 12.9. The molecule has 3 rings (SSSR count). The monoisotopic (exact) mass is 362 g/mol. The van der Waals surface area contributed by atoms with Crippen molar-refractivity contribution in [3.05, 3.63) is 41.3 Å². The van der Waals surface area contributed by atoms with Crippen molar-refractivity contribution >= 4 is 16.8 Å². The second kappa shape index (κ2) is 7.83. The highest BCUT2D eigenvalue weighted by Crippen LogP contribution is 2.37. The van der Waals surface area contributed by atoms with E-state index in [0.717, 1.165) is 12.8 Å². The summed E-state index contributed by atoms with van der Waals surface area (Å²) in [6.45, 7) is 6.64. The molecule has 0 aromatic heterocycles. The molecule has 1 saturated carbocycles. The number of ether oxygens (including phenoxy) is 2. The van der Waals surface area contributed by atoms with Crippen LogP contribution in [0.5, 0.6) is 0 Å². The molecule has 136 valence electrons. The fourth-order valence-electron chi connectivity index (χ4n) is 3.73. The Balaban J connectivity index is 1.77. The van der Waals surface area contributed by atoms with Gasteiger partial charge in [0.2, 0.25) is 6.29 Å². The van der Waals surface area contributed by atoms with Gasteiger partial charge in [-0.2, -0.15) is 0 Å². The summed E-state index contributed by atoms with van der Waals surface area (Å²) in [5.41, 5.74) is 0. The minimum absolute atomic E-state index is 0.0239. The van der Waals surface area contributed by atoms with Crippen LogP contribution in [0, 0.1) is 17.8 Å². The lowest BCUT2D eigenvalue weighted by Crippen LogP contribution is -2.38. The van der Waals surface area contributed by atoms with Gasteiger partial charge in [-0.25, -0.2) is 9.00 Å². The Bertz CT molecular complexity index is 668. The first-order chi connectivity index (χ1) is 12.0. The molecule has 0 N–H and O–H groups in total. The van der Waals surface area contributed by atoms with Gasteiger partial charge < -0.3 is 9.47 Å². The van der Waals surface area contributed by atoms with E-state index in [-0.39, 0.29) is 6.10 Å². The standard InChI is InChI=1S/C20H26O4S/c1-13(2)16-10-9-14(3)11-17(16)23-20-18(12-19(21)24-20)25(22)15-7-5-4-6-8-15/h4-8,12-14,16-17,20H,9-11H2,1-3H3/t14-,16+,17-,20+,25+/m1/s1. The summed E-state index contributed by atoms with van der Waals surface area (Å²) in [6.07, 6.45) is 3.77. The maximum Gasteiger partial charge on any atom is 0.334 e. The summed E-state index contributed by atoms with van der Waals surface area (Å²) >= 11 is 0. The highest BCUT2D eigenvalue weighted by molar-refractivity contribution is 7.89. The number of carbonyl (C=O) groups excluding carboxylic acids is 1. The molecule has 0 amide bonds. The molecule has 1 heterocycles. The average Bonchev–Trinajstić information content (AvgIpc) is 2.95. The van der Waals surface area contributed by atoms with Crippen molar-refractivity contribution in [1.82, 2.24) is 0 Å². The molecule has 5 heteroatoms. The molecule has 0 unspecified atom stereocenters. The zero-order valence-corrected chi connectivity index (χ0v) is 15.8. The second-order valence-corrected chi connectivity index (χ2v) is 8.88. The van der Waals surface area contributed by atoms with Gasteiger partial charge in [0.05, 0.1) is 21.8 Å². The molecule has 1 aromatic carbocycles. The zero-order chi connectivity index (χ0) is 18.0. The predicted octanol–water partition coefficient (Wildman–Crippen LogP) is 4.04. The van der Waals surface area contributed by atoms with Gasteiger partial charge >= 0.3 is 5.97 Å². The lowest BCUT2D eigenvalue weighted by Gasteiger charge is -2.38. The Kier molecular flexibility index (Phi) is 5.74. The van der Waals surface area contributed by atoms with E-state index >= 15 is 0 Å². The van der Waals surface area contributed by atoms with Crippen LogP contribution in [0.3, 0.4) is 0 Å². The molecular weight excluding hydrogens is 336 g/mol. The minimum atomic E-state index is -1.45. The van der Waals surface area contributed by atoms with Gasteiger partial charge in [0.15, 0.2) is 0 Å². The number of hydrogen-bond acceptors (Lipinski definition) is 4. The third-order valence-corrected chi connectivity index (χ3v) is 6.59. The van der Waals surface area contributed by atoms with Gasteiger partial charge in [-0.05, 0) is 42.7 Å². The van der Waals surface area contributed by atoms with E-state index < -0.39 is 23.1 Å². The van der Waals surface area contributed by atoms with Crippen molar-refractivity contribution in [2.24, 2.45) is 17.8 Å². The third-order valence-electron chi connectivity index (χ3n) is 5.15. The van der Waals surface area contributed by atoms with E-state index in [1.807, 2.05) is 18.2 Å². The maximum atomic E-state index is 12.9. The van der Waals surface area contributed by atoms with Crippen molar-refractivity contribution in [1.29, 1.82) is 0 Å². The molecule has 1 aliphatic heterocycles. The molecule has 1 aromatic rings. The van der Waals surface area contributed by atoms with Gasteiger partial charge in [-0.1, -0.05) is 45.4 Å². The zero-order valence-electron chi connectivity index (χ0n) is 15.0. The molecule has 25 heavy (non-hydrogen) atoms. The lowest BCUT2D eigenvalue weighted by atomic mass is 9.75. The quantitative estimate of drug-likeness (QED) is 0.742. The van der Waals surface area contributed by atoms with Crippen LogP contribution in [0.4, 0.5) is 0 Å². The summed E-state index contributed by atoms with van der Waals surface area (Å²) in [7, 11) is -1.45. The molecule has 1 aliphatic carbocycles. The molecule has 5 atom stereocenters. The topological polar surface area (TPSA) is 52.6 Å². The first-order valence-corrected chi connectivity index (χ1v) is 10.1. The first kappa shape index (κ1) is 18.3. The van der Waals surface area contributed by atoms with E-state index in [1.165, 1.54) is 12.5 Å². The van der Waals surface area contributed by atoms with Crippen LogP contribution in [0.15, 0.2) is 46.2 Å². The Hall–Kier alpha value is -1.46. The Morgan fingerprint density at radius 1 is 1.20 bits per heavy atom. The smallest absolute Gasteiger partial charge is 0.334 e. The van der Waals surface area contributed by atoms with E-state index in [4.69, 9.17) is 9.47 Å². The molecule has 1 fully saturated rings. The highest BCUT2D eigenvalue weighted by Gasteiger charge is 2.38. The van der Waals surface area contributed by atoms with E-state index in [2.05, 4.69) is 20.8 Å². The largest absolute Gasteiger partial charge is 0.427 e. The van der Waals surface area contributed by atoms with Crippen LogP contribution in [-0.2, 0) is 25.1 Å². The molecule has 0 spiro atoms. The minimum Gasteiger partial charge on any atom is -0.427 e. The van der Waals surface area contributed by atoms with E-state index in [0.29, 0.717) is 27.6 Å². The van der Waals surface area contributed by atoms with Crippen LogP contribution >= 0.6 is 0 Å². The Labute approximate surface area is 152 Å². The Morgan fingerprint density at radius 3 is 2.60 bits per heavy atom. The number of esters is 1. The van der Waals surface area contributed by atoms with Crippen LogP contribution in [0.25, 0.3) is 0 Å². The predicted molar refractivity (Wildman–Crippen MR) is 97.0 cm³/mol. The summed E-state index contributed by atoms with van der Waals surface area (Å²) < 4.78 is 24.4. The van der Waals surface area contributed by atoms with Crippen molar-refractivity contribution in [3.8, 4) is 0 Å². The van der Waals surface area contributed by atoms with Crippen LogP contribution < -0.4 is 0 Å². The second-order valence-electron chi connectivity index (χ2n) is 7.40. The van der Waals surface area contributed by atoms with Gasteiger partial charge in [0.25, 0.3) is 0 Å². The van der Waals surface area contributed by atoms with Crippen molar-refractivity contribution in [2.45, 2.75) is 57.3 Å². The van der Waals surface area contributed by atoms with E-state index in [9.17, 15) is 9.00 Å². The van der Waals surface area contributed by atoms with Gasteiger partial charge in [0.1, 0.15) is 0 Å². The maximum absolute atomic E-state index is 12.9. The number of carbonyl (C=O) groups is 1. The molecule has 0 bridgehead atoms. The lowest BCUT2D eigenvalue weighted by molar-refractivity contribution is -0.179. The number of rotatable bonds is 5. The third kappa shape index (κ3) is 4.21. The average molecular weight is 362 g/mol. The number of hydrogen-bond donors (Lipinski definition) is 0. The molecule has 0 saturated heterocycles. The van der Waals surface area contributed by atoms with Crippen LogP contribution in [0.2, 0.25) is 0 Å². The van der Waals surface area contributed by atoms with Crippen LogP contribution in [-0.4, -0.2) is 22.6 Å². The SMILES string of the molecule is CC(C)[C@@H]1CC[C@@H](C)C[C@H]1O[C@H]1OC(=O)C=C1[S@@](=O)c1ccccc1. The summed E-state index contributed by atoms with van der Waals surface area (Å²) in [5, 5.41) is 0. The van der Waals surface area contributed by atoms with Gasteiger partial charge in [-0.3, -0.25) is 0 Å². The molecular formula is C20H26O4S. The van der Waals surface area contributed by atoms with Gasteiger partial charge in [0, 0.05) is 11.0 Å². The van der Waals surface area contributed by atoms with Gasteiger partial charge in [-0.15, -0.1) is 0 Å². The summed E-state index contributed by atoms with van der Waals surface area (Å²) in [6, 6.07) is 9.11. The fraction of sp³-hybridized carbons (Fsp3) is 0.550. The number of cyclic esters (lactones) is 1. The van der Waals surface area contributed by atoms with E-state index in [1.54, 1.807) is 12.1 Å². The fourth-order valence-corrected chi connectivity index (χ4v) is 4.89. The normalized spacial score (nSPS) is 30.9. The van der Waals surface area contributed by atoms with Crippen molar-refractivity contribution in [2.75, 3.05) is 0 Å². The van der Waals surface area contributed by atoms with Crippen LogP contribution in [0.1, 0.15) is 40.0 Å². The highest BCUT2D eigenvalue weighted by atomic mass is 32.2. The van der Waals surface area contributed by atoms with Crippen molar-refractivity contribution in [3.63, 3.8) is 0 Å². The molecule has 4 nitrogen and oxygen atoms in total. The summed E-state index contributed by atoms with van der Waals surface area (Å²) in [5.74, 6) is 1.04.